The van der Waals surface area contributed by atoms with Gasteiger partial charge in [0.1, 0.15) is 5.82 Å². The number of rotatable bonds is 7. The van der Waals surface area contributed by atoms with E-state index in [1.807, 2.05) is 6.20 Å². The van der Waals surface area contributed by atoms with Crippen LogP contribution in [0.15, 0.2) is 36.7 Å². The van der Waals surface area contributed by atoms with Crippen molar-refractivity contribution >= 4 is 0 Å². The minimum atomic E-state index is 0.757. The molecule has 0 aliphatic heterocycles. The molecule has 0 bridgehead atoms. The molecule has 4 nitrogen and oxygen atoms in total. The number of benzene rings is 1. The second-order valence-electron chi connectivity index (χ2n) is 6.62. The average Bonchev–Trinajstić information content (AvgIpc) is 3.10. The molecule has 4 heteroatoms. The van der Waals surface area contributed by atoms with E-state index in [9.17, 15) is 0 Å². The number of aromatic amines is 1. The molecule has 0 radical (unpaired) electrons. The van der Waals surface area contributed by atoms with E-state index in [-0.39, 0.29) is 0 Å². The fourth-order valence-electron chi connectivity index (χ4n) is 3.51. The van der Waals surface area contributed by atoms with Crippen molar-refractivity contribution < 1.29 is 0 Å². The van der Waals surface area contributed by atoms with E-state index >= 15 is 0 Å². The second kappa shape index (κ2) is 8.27. The molecular weight excluding hydrogens is 284 g/mol. The molecule has 2 aromatic rings. The summed E-state index contributed by atoms with van der Waals surface area (Å²) in [7, 11) is 2.28. The number of imidazole rings is 1. The van der Waals surface area contributed by atoms with Gasteiger partial charge in [-0.1, -0.05) is 43.5 Å². The summed E-state index contributed by atoms with van der Waals surface area (Å²) in [6.07, 6.45) is 10.6. The lowest BCUT2D eigenvalue weighted by atomic mass is 9.94. The highest BCUT2D eigenvalue weighted by atomic mass is 15.1. The minimum Gasteiger partial charge on any atom is -0.348 e. The van der Waals surface area contributed by atoms with Crippen molar-refractivity contribution in [3.8, 4) is 0 Å². The molecule has 0 atom stereocenters. The van der Waals surface area contributed by atoms with Gasteiger partial charge in [0.05, 0.1) is 6.54 Å². The zero-order valence-electron chi connectivity index (χ0n) is 14.1. The molecule has 0 amide bonds. The van der Waals surface area contributed by atoms with E-state index < -0.39 is 0 Å². The normalized spacial score (nSPS) is 16.1. The molecule has 23 heavy (non-hydrogen) atoms. The Morgan fingerprint density at radius 1 is 1.13 bits per heavy atom. The maximum Gasteiger partial charge on any atom is 0.120 e. The number of hydrogen-bond acceptors (Lipinski definition) is 3. The van der Waals surface area contributed by atoms with Gasteiger partial charge in [0.15, 0.2) is 0 Å². The Kier molecular flexibility index (Phi) is 5.83. The lowest BCUT2D eigenvalue weighted by Gasteiger charge is -2.31. The van der Waals surface area contributed by atoms with Crippen molar-refractivity contribution in [2.45, 2.75) is 57.8 Å². The first-order valence-corrected chi connectivity index (χ1v) is 8.79. The van der Waals surface area contributed by atoms with Gasteiger partial charge in [-0.25, -0.2) is 4.98 Å². The molecule has 1 heterocycles. The molecule has 1 aliphatic carbocycles. The molecule has 0 unspecified atom stereocenters. The van der Waals surface area contributed by atoms with Crippen LogP contribution in [0.1, 0.15) is 49.1 Å². The largest absolute Gasteiger partial charge is 0.348 e. The van der Waals surface area contributed by atoms with Gasteiger partial charge >= 0.3 is 0 Å². The van der Waals surface area contributed by atoms with E-state index in [1.54, 1.807) is 6.20 Å². The molecule has 1 aromatic carbocycles. The summed E-state index contributed by atoms with van der Waals surface area (Å²) in [6.45, 7) is 2.71. The average molecular weight is 312 g/mol. The third kappa shape index (κ3) is 4.66. The van der Waals surface area contributed by atoms with Crippen LogP contribution >= 0.6 is 0 Å². The molecule has 1 aliphatic rings. The number of nitrogens with zero attached hydrogens (tertiary/aromatic N) is 2. The zero-order valence-corrected chi connectivity index (χ0v) is 14.1. The van der Waals surface area contributed by atoms with Gasteiger partial charge in [-0.15, -0.1) is 0 Å². The Morgan fingerprint density at radius 2 is 1.91 bits per heavy atom. The lowest BCUT2D eigenvalue weighted by molar-refractivity contribution is 0.184. The van der Waals surface area contributed by atoms with Crippen LogP contribution in [-0.4, -0.2) is 28.0 Å². The first-order valence-electron chi connectivity index (χ1n) is 8.79. The number of aromatic nitrogens is 2. The number of hydrogen-bond donors (Lipinski definition) is 2. The van der Waals surface area contributed by atoms with Crippen molar-refractivity contribution in [3.05, 3.63) is 53.6 Å². The Balaban J connectivity index is 1.56. The fraction of sp³-hybridized carbons (Fsp3) is 0.526. The summed E-state index contributed by atoms with van der Waals surface area (Å²) in [5.74, 6) is 0.988. The molecular formula is C19H28N4. The van der Waals surface area contributed by atoms with Crippen molar-refractivity contribution in [3.63, 3.8) is 0 Å². The van der Waals surface area contributed by atoms with E-state index in [0.29, 0.717) is 0 Å². The zero-order chi connectivity index (χ0) is 15.9. The highest BCUT2D eigenvalue weighted by molar-refractivity contribution is 5.27. The Bertz CT molecular complexity index is 573. The Hall–Kier alpha value is -1.65. The van der Waals surface area contributed by atoms with Crippen LogP contribution in [0.5, 0.6) is 0 Å². The predicted octanol–water partition coefficient (Wildman–Crippen LogP) is 3.46. The van der Waals surface area contributed by atoms with Gasteiger partial charge < -0.3 is 10.3 Å². The van der Waals surface area contributed by atoms with Crippen LogP contribution in [0.3, 0.4) is 0 Å². The quantitative estimate of drug-likeness (QED) is 0.823. The van der Waals surface area contributed by atoms with E-state index in [4.69, 9.17) is 0 Å². The van der Waals surface area contributed by atoms with Gasteiger partial charge in [0, 0.05) is 31.5 Å². The first kappa shape index (κ1) is 16.2. The van der Waals surface area contributed by atoms with E-state index in [1.165, 1.54) is 43.2 Å². The molecule has 1 fully saturated rings. The Labute approximate surface area is 139 Å². The summed E-state index contributed by atoms with van der Waals surface area (Å²) >= 11 is 0. The summed E-state index contributed by atoms with van der Waals surface area (Å²) in [6, 6.07) is 9.55. The smallest absolute Gasteiger partial charge is 0.120 e. The molecule has 1 aromatic heterocycles. The minimum absolute atomic E-state index is 0.757. The monoisotopic (exact) mass is 312 g/mol. The number of nitrogens with one attached hydrogen (secondary N) is 2. The van der Waals surface area contributed by atoms with E-state index in [0.717, 1.165) is 31.5 Å². The summed E-state index contributed by atoms with van der Waals surface area (Å²) in [4.78, 5) is 9.93. The first-order chi connectivity index (χ1) is 11.3. The summed E-state index contributed by atoms with van der Waals surface area (Å²) < 4.78 is 0. The van der Waals surface area contributed by atoms with Gasteiger partial charge in [-0.3, -0.25) is 4.90 Å². The van der Waals surface area contributed by atoms with Crippen molar-refractivity contribution in [2.24, 2.45) is 0 Å². The molecule has 1 saturated carbocycles. The third-order valence-corrected chi connectivity index (χ3v) is 4.90. The van der Waals surface area contributed by atoms with Crippen LogP contribution in [0, 0.1) is 0 Å². The third-order valence-electron chi connectivity index (χ3n) is 4.90. The fourth-order valence-corrected chi connectivity index (χ4v) is 3.51. The van der Waals surface area contributed by atoms with Crippen LogP contribution < -0.4 is 5.32 Å². The summed E-state index contributed by atoms with van der Waals surface area (Å²) in [5.41, 5.74) is 2.83. The van der Waals surface area contributed by atoms with E-state index in [2.05, 4.69) is 51.5 Å². The van der Waals surface area contributed by atoms with Crippen molar-refractivity contribution in [1.29, 1.82) is 0 Å². The predicted molar refractivity (Wildman–Crippen MR) is 93.9 cm³/mol. The van der Waals surface area contributed by atoms with Crippen molar-refractivity contribution in [1.82, 2.24) is 20.2 Å². The van der Waals surface area contributed by atoms with Crippen molar-refractivity contribution in [2.75, 3.05) is 7.05 Å². The van der Waals surface area contributed by atoms with Gasteiger partial charge in [-0.2, -0.15) is 0 Å². The summed E-state index contributed by atoms with van der Waals surface area (Å²) in [5, 5.41) is 3.49. The van der Waals surface area contributed by atoms with Gasteiger partial charge in [0.25, 0.3) is 0 Å². The van der Waals surface area contributed by atoms with Crippen LogP contribution in [0.2, 0.25) is 0 Å². The van der Waals surface area contributed by atoms with Crippen LogP contribution in [0.4, 0.5) is 0 Å². The van der Waals surface area contributed by atoms with Gasteiger partial charge in [0.2, 0.25) is 0 Å². The number of H-pyrrole nitrogens is 1. The SMILES string of the molecule is CN(Cc1ccccc1CNCc1ncc[nH]1)C1CCCCC1. The molecule has 2 N–H and O–H groups in total. The lowest BCUT2D eigenvalue weighted by Crippen LogP contribution is -2.33. The highest BCUT2D eigenvalue weighted by Gasteiger charge is 2.18. The highest BCUT2D eigenvalue weighted by Crippen LogP contribution is 2.23. The maximum absolute atomic E-state index is 4.25. The topological polar surface area (TPSA) is 44.0 Å². The standard InChI is InChI=1S/C19H28N4/c1-23(18-9-3-2-4-10-18)15-17-8-6-5-7-16(17)13-20-14-19-21-11-12-22-19/h5-8,11-12,18,20H,2-4,9-10,13-15H2,1H3,(H,21,22). The maximum atomic E-state index is 4.25. The molecule has 3 rings (SSSR count). The molecule has 0 spiro atoms. The van der Waals surface area contributed by atoms with Crippen LogP contribution in [-0.2, 0) is 19.6 Å². The molecule has 124 valence electrons. The second-order valence-corrected chi connectivity index (χ2v) is 6.62. The Morgan fingerprint density at radius 3 is 2.65 bits per heavy atom. The molecule has 0 saturated heterocycles. The van der Waals surface area contributed by atoms with Crippen LogP contribution in [0.25, 0.3) is 0 Å². The van der Waals surface area contributed by atoms with Gasteiger partial charge in [-0.05, 0) is 31.0 Å².